The highest BCUT2D eigenvalue weighted by molar-refractivity contribution is 5.56. The Kier molecular flexibility index (Phi) is 7.28. The predicted octanol–water partition coefficient (Wildman–Crippen LogP) is 7.15. The summed E-state index contributed by atoms with van der Waals surface area (Å²) in [6, 6.07) is 4.46. The van der Waals surface area contributed by atoms with E-state index in [1.165, 1.54) is 5.92 Å². The molecule has 0 fully saturated rings. The van der Waals surface area contributed by atoms with E-state index < -0.39 is 0 Å². The van der Waals surface area contributed by atoms with Gasteiger partial charge < -0.3 is 5.11 Å². The first kappa shape index (κ1) is 30.6. The molecule has 0 saturated heterocycles. The molecular weight excluding hydrogens is 464 g/mol. The maximum atomic E-state index is 11.5. The number of hydrogen-bond acceptors (Lipinski definition) is 3. The van der Waals surface area contributed by atoms with Gasteiger partial charge in [-0.1, -0.05) is 77.4 Å². The molecule has 0 bridgehead atoms. The predicted molar refractivity (Wildman–Crippen MR) is 162 cm³/mol. The van der Waals surface area contributed by atoms with Gasteiger partial charge in [0.05, 0.1) is 22.9 Å². The van der Waals surface area contributed by atoms with Crippen molar-refractivity contribution < 1.29 is 5.11 Å². The topological polar surface area (TPSA) is 26.7 Å². The minimum Gasteiger partial charge on any atom is -0.507 e. The second kappa shape index (κ2) is 9.04. The first-order chi connectivity index (χ1) is 16.9. The van der Waals surface area contributed by atoms with Crippen LogP contribution in [0.1, 0.15) is 114 Å². The monoisotopic (exact) mass is 517 g/mol. The summed E-state index contributed by atoms with van der Waals surface area (Å²) in [4.78, 5) is 4.85. The zero-order chi connectivity index (χ0) is 29.4. The average Bonchev–Trinajstić information content (AvgIpc) is 2.73. The molecule has 2 aliphatic rings. The van der Waals surface area contributed by atoms with Gasteiger partial charge in [0.25, 0.3) is 0 Å². The molecule has 0 aromatic heterocycles. The Morgan fingerprint density at radius 3 is 1.29 bits per heavy atom. The fourth-order valence-electron chi connectivity index (χ4n) is 6.21. The van der Waals surface area contributed by atoms with Gasteiger partial charge in [-0.25, -0.2) is 0 Å². The van der Waals surface area contributed by atoms with Crippen LogP contribution in [-0.2, 0) is 10.8 Å². The lowest BCUT2D eigenvalue weighted by Gasteiger charge is -2.56. The maximum Gasteiger partial charge on any atom is 0.123 e. The van der Waals surface area contributed by atoms with Crippen molar-refractivity contribution in [2.75, 3.05) is 14.1 Å². The Labute approximate surface area is 234 Å². The van der Waals surface area contributed by atoms with E-state index in [9.17, 15) is 5.11 Å². The lowest BCUT2D eigenvalue weighted by molar-refractivity contribution is 0.0204. The maximum absolute atomic E-state index is 11.5. The molecular formula is C35H53N2O. The number of rotatable bonds is 3. The minimum absolute atomic E-state index is 0.0288. The van der Waals surface area contributed by atoms with Crippen molar-refractivity contribution in [3.63, 3.8) is 0 Å². The molecule has 0 saturated carbocycles. The summed E-state index contributed by atoms with van der Waals surface area (Å²) in [5, 5.41) is 11.5. The van der Waals surface area contributed by atoms with Crippen LogP contribution in [0.3, 0.4) is 0 Å². The van der Waals surface area contributed by atoms with Gasteiger partial charge in [0.1, 0.15) is 5.75 Å². The van der Waals surface area contributed by atoms with Crippen LogP contribution in [-0.4, -0.2) is 51.2 Å². The third-order valence-electron chi connectivity index (χ3n) is 9.54. The molecule has 0 amide bonds. The van der Waals surface area contributed by atoms with E-state index in [0.29, 0.717) is 5.75 Å². The number of aromatic hydroxyl groups is 1. The van der Waals surface area contributed by atoms with Gasteiger partial charge in [-0.15, -0.1) is 0 Å². The van der Waals surface area contributed by atoms with E-state index in [1.807, 2.05) is 0 Å². The number of hydrogen-bond donors (Lipinski definition) is 1. The van der Waals surface area contributed by atoms with Crippen molar-refractivity contribution in [2.24, 2.45) is 11.8 Å². The summed E-state index contributed by atoms with van der Waals surface area (Å²) in [7, 11) is 4.40. The van der Waals surface area contributed by atoms with Crippen LogP contribution in [0.25, 0.3) is 0 Å². The number of nitrogens with zero attached hydrogens (tertiary/aromatic N) is 2. The number of benzene rings is 1. The van der Waals surface area contributed by atoms with Crippen molar-refractivity contribution in [3.05, 3.63) is 34.7 Å². The van der Waals surface area contributed by atoms with E-state index in [-0.39, 0.29) is 44.8 Å². The first-order valence-corrected chi connectivity index (χ1v) is 14.1. The van der Waals surface area contributed by atoms with Crippen LogP contribution in [0.5, 0.6) is 5.75 Å². The van der Waals surface area contributed by atoms with E-state index in [0.717, 1.165) is 16.7 Å². The second-order valence-corrected chi connectivity index (χ2v) is 15.8. The zero-order valence-corrected chi connectivity index (χ0v) is 27.2. The Balaban J connectivity index is 2.45. The van der Waals surface area contributed by atoms with Crippen molar-refractivity contribution in [2.45, 2.75) is 130 Å². The van der Waals surface area contributed by atoms with E-state index in [2.05, 4.69) is 157 Å². The van der Waals surface area contributed by atoms with Crippen LogP contribution in [0, 0.1) is 41.4 Å². The molecule has 1 aromatic carbocycles. The molecule has 0 aliphatic carbocycles. The molecule has 3 rings (SSSR count). The first-order valence-electron chi connectivity index (χ1n) is 14.1. The molecule has 0 spiro atoms. The largest absolute Gasteiger partial charge is 0.507 e. The fraction of sp³-hybridized carbons (Fsp3) is 0.686. The van der Waals surface area contributed by atoms with Gasteiger partial charge >= 0.3 is 0 Å². The van der Waals surface area contributed by atoms with Crippen LogP contribution in [0.4, 0.5) is 0 Å². The Hall–Kier alpha value is -1.94. The molecule has 38 heavy (non-hydrogen) atoms. The van der Waals surface area contributed by atoms with Gasteiger partial charge in [-0.05, 0) is 97.0 Å². The van der Waals surface area contributed by atoms with Crippen molar-refractivity contribution in [3.8, 4) is 29.4 Å². The van der Waals surface area contributed by atoms with Gasteiger partial charge in [0.15, 0.2) is 0 Å². The van der Waals surface area contributed by atoms with Gasteiger partial charge in [0, 0.05) is 17.0 Å². The van der Waals surface area contributed by atoms with Crippen LogP contribution in [0.2, 0.25) is 0 Å². The molecule has 1 radical (unpaired) electrons. The van der Waals surface area contributed by atoms with E-state index in [4.69, 9.17) is 0 Å². The standard InChI is InChI=1S/C35H53N2O/c1-30(2,3)26-21-23(22-27(29(26)38)31(4,5)6)28(24-17-19-32(7,8)36(15)34(24,11)12)25-18-20-33(9,10)37(16)35(25,13)14/h21-22,24-25,38H,1-16H3. The van der Waals surface area contributed by atoms with Crippen molar-refractivity contribution in [1.29, 1.82) is 0 Å². The van der Waals surface area contributed by atoms with E-state index in [1.54, 1.807) is 0 Å². The molecule has 2 heterocycles. The van der Waals surface area contributed by atoms with Crippen LogP contribution >= 0.6 is 0 Å². The molecule has 2 atom stereocenters. The Morgan fingerprint density at radius 1 is 0.684 bits per heavy atom. The normalized spacial score (nSPS) is 26.3. The highest BCUT2D eigenvalue weighted by Crippen LogP contribution is 2.51. The molecule has 3 heteroatoms. The highest BCUT2D eigenvalue weighted by Gasteiger charge is 2.53. The molecule has 1 aromatic rings. The van der Waals surface area contributed by atoms with E-state index >= 15 is 0 Å². The van der Waals surface area contributed by atoms with Gasteiger partial charge in [0.2, 0.25) is 0 Å². The third kappa shape index (κ3) is 5.03. The second-order valence-electron chi connectivity index (χ2n) is 15.8. The third-order valence-corrected chi connectivity index (χ3v) is 9.54. The summed E-state index contributed by atoms with van der Waals surface area (Å²) in [5.41, 5.74) is 1.77. The smallest absolute Gasteiger partial charge is 0.123 e. The highest BCUT2D eigenvalue weighted by atomic mass is 16.3. The SMILES string of the molecule is CN1C(C)(C)C#CC([C](c2cc(C(C)(C)C)c(O)c(C(C)(C)C)c2)C2C#CC(C)(C)N(C)C2(C)C)C1(C)C. The van der Waals surface area contributed by atoms with Crippen molar-refractivity contribution in [1.82, 2.24) is 9.80 Å². The lowest BCUT2D eigenvalue weighted by Crippen LogP contribution is -2.63. The summed E-state index contributed by atoms with van der Waals surface area (Å²) >= 11 is 0. The fourth-order valence-corrected chi connectivity index (χ4v) is 6.21. The summed E-state index contributed by atoms with van der Waals surface area (Å²) < 4.78 is 0. The Morgan fingerprint density at radius 2 is 1.00 bits per heavy atom. The Bertz CT molecular complexity index is 1120. The average molecular weight is 518 g/mol. The molecule has 2 unspecified atom stereocenters. The summed E-state index contributed by atoms with van der Waals surface area (Å²) in [6.07, 6.45) is 0. The zero-order valence-electron chi connectivity index (χ0n) is 27.2. The molecule has 209 valence electrons. The molecule has 3 nitrogen and oxygen atoms in total. The molecule has 1 N–H and O–H groups in total. The minimum atomic E-state index is -0.227. The summed E-state index contributed by atoms with van der Waals surface area (Å²) in [5.74, 6) is 16.3. The molecule has 2 aliphatic heterocycles. The van der Waals surface area contributed by atoms with Gasteiger partial charge in [-0.2, -0.15) is 0 Å². The number of phenolic OH excluding ortho intramolecular Hbond substituents is 1. The lowest BCUT2D eigenvalue weighted by atomic mass is 9.60. The number of phenols is 1. The van der Waals surface area contributed by atoms with Crippen molar-refractivity contribution >= 4 is 0 Å². The quantitative estimate of drug-likeness (QED) is 0.431. The summed E-state index contributed by atoms with van der Waals surface area (Å²) in [6.45, 7) is 31.2. The van der Waals surface area contributed by atoms with Crippen LogP contribution in [0.15, 0.2) is 12.1 Å². The van der Waals surface area contributed by atoms with Gasteiger partial charge in [-0.3, -0.25) is 9.80 Å². The van der Waals surface area contributed by atoms with Crippen LogP contribution < -0.4 is 0 Å².